The Labute approximate surface area is 130 Å². The quantitative estimate of drug-likeness (QED) is 0.546. The van der Waals surface area contributed by atoms with Crippen LogP contribution in [0.5, 0.6) is 17.2 Å². The molecule has 0 aliphatic carbocycles. The van der Waals surface area contributed by atoms with Crippen molar-refractivity contribution in [3.63, 3.8) is 0 Å². The van der Waals surface area contributed by atoms with Crippen LogP contribution in [0.4, 0.5) is 0 Å². The number of halogens is 1. The van der Waals surface area contributed by atoms with E-state index in [2.05, 4.69) is 6.58 Å². The highest BCUT2D eigenvalue weighted by molar-refractivity contribution is 6.27. The van der Waals surface area contributed by atoms with Crippen LogP contribution in [0.1, 0.15) is 5.56 Å². The Morgan fingerprint density at radius 2 is 1.81 bits per heavy atom. The Kier molecular flexibility index (Phi) is 6.88. The van der Waals surface area contributed by atoms with E-state index in [0.29, 0.717) is 30.3 Å². The molecule has 0 unspecified atom stereocenters. The Balaban J connectivity index is 3.11. The number of hydrogen-bond donors (Lipinski definition) is 0. The van der Waals surface area contributed by atoms with Gasteiger partial charge in [0.1, 0.15) is 5.88 Å². The van der Waals surface area contributed by atoms with E-state index in [0.717, 1.165) is 5.56 Å². The molecule has 0 heterocycles. The van der Waals surface area contributed by atoms with E-state index in [9.17, 15) is 4.79 Å². The van der Waals surface area contributed by atoms with Gasteiger partial charge in [0.15, 0.2) is 11.5 Å². The third-order valence-corrected chi connectivity index (χ3v) is 3.14. The van der Waals surface area contributed by atoms with Crippen molar-refractivity contribution >= 4 is 17.5 Å². The van der Waals surface area contributed by atoms with Crippen molar-refractivity contribution in [2.24, 2.45) is 0 Å². The van der Waals surface area contributed by atoms with E-state index in [1.54, 1.807) is 44.4 Å². The van der Waals surface area contributed by atoms with Gasteiger partial charge in [0.2, 0.25) is 11.7 Å². The number of benzene rings is 1. The van der Waals surface area contributed by atoms with Gasteiger partial charge in [-0.1, -0.05) is 6.08 Å². The molecule has 1 aromatic rings. The van der Waals surface area contributed by atoms with Crippen LogP contribution in [0.2, 0.25) is 0 Å². The first kappa shape index (κ1) is 17.2. The summed E-state index contributed by atoms with van der Waals surface area (Å²) in [4.78, 5) is 13.4. The lowest BCUT2D eigenvalue weighted by molar-refractivity contribution is -0.128. The molecule has 0 fully saturated rings. The fraction of sp³-hybridized carbons (Fsp3) is 0.400. The molecular weight excluding hydrogens is 294 g/mol. The minimum absolute atomic E-state index is 0.0712. The average molecular weight is 314 g/mol. The zero-order valence-electron chi connectivity index (χ0n) is 12.5. The summed E-state index contributed by atoms with van der Waals surface area (Å²) in [5.41, 5.74) is 0.852. The monoisotopic (exact) mass is 313 g/mol. The molecule has 0 spiro atoms. The molecule has 0 aromatic heterocycles. The fourth-order valence-electron chi connectivity index (χ4n) is 1.94. The lowest BCUT2D eigenvalue weighted by atomic mass is 10.1. The first-order valence-corrected chi connectivity index (χ1v) is 6.88. The van der Waals surface area contributed by atoms with Gasteiger partial charge >= 0.3 is 0 Å². The van der Waals surface area contributed by atoms with Crippen LogP contribution in [-0.4, -0.2) is 44.6 Å². The molecule has 0 aliphatic rings. The molecule has 21 heavy (non-hydrogen) atoms. The number of alkyl halides is 1. The van der Waals surface area contributed by atoms with Gasteiger partial charge in [-0.05, 0) is 17.7 Å². The second-order valence-electron chi connectivity index (χ2n) is 4.23. The molecule has 6 heteroatoms. The molecule has 1 aromatic carbocycles. The van der Waals surface area contributed by atoms with E-state index in [-0.39, 0.29) is 11.8 Å². The highest BCUT2D eigenvalue weighted by Gasteiger charge is 2.16. The highest BCUT2D eigenvalue weighted by atomic mass is 35.5. The van der Waals surface area contributed by atoms with Gasteiger partial charge in [0.05, 0.1) is 21.3 Å². The number of amides is 1. The summed E-state index contributed by atoms with van der Waals surface area (Å²) in [7, 11) is 4.64. The van der Waals surface area contributed by atoms with Gasteiger partial charge in [0, 0.05) is 13.1 Å². The number of carbonyl (C=O) groups excluding carboxylic acids is 1. The van der Waals surface area contributed by atoms with Gasteiger partial charge in [-0.2, -0.15) is 0 Å². The number of hydrogen-bond acceptors (Lipinski definition) is 4. The Hall–Kier alpha value is -1.88. The molecule has 1 rings (SSSR count). The maximum Gasteiger partial charge on any atom is 0.238 e. The molecule has 0 bridgehead atoms. The van der Waals surface area contributed by atoms with Crippen molar-refractivity contribution < 1.29 is 19.0 Å². The topological polar surface area (TPSA) is 48.0 Å². The third-order valence-electron chi connectivity index (χ3n) is 2.91. The molecule has 0 atom stereocenters. The van der Waals surface area contributed by atoms with Crippen LogP contribution in [0.15, 0.2) is 24.8 Å². The summed E-state index contributed by atoms with van der Waals surface area (Å²) in [5, 5.41) is 0. The van der Waals surface area contributed by atoms with Gasteiger partial charge in [0.25, 0.3) is 0 Å². The van der Waals surface area contributed by atoms with Crippen LogP contribution < -0.4 is 14.2 Å². The van der Waals surface area contributed by atoms with Crippen LogP contribution in [0, 0.1) is 0 Å². The summed E-state index contributed by atoms with van der Waals surface area (Å²) in [6.45, 7) is 4.45. The van der Waals surface area contributed by atoms with Crippen LogP contribution in [-0.2, 0) is 11.3 Å². The Morgan fingerprint density at radius 1 is 1.24 bits per heavy atom. The second-order valence-corrected chi connectivity index (χ2v) is 4.50. The van der Waals surface area contributed by atoms with Gasteiger partial charge in [-0.25, -0.2) is 0 Å². The average Bonchev–Trinajstić information content (AvgIpc) is 2.52. The third kappa shape index (κ3) is 4.29. The summed E-state index contributed by atoms with van der Waals surface area (Å²) >= 11 is 5.62. The summed E-state index contributed by atoms with van der Waals surface area (Å²) in [5.74, 6) is 1.37. The first-order chi connectivity index (χ1) is 10.1. The van der Waals surface area contributed by atoms with E-state index in [4.69, 9.17) is 25.8 Å². The van der Waals surface area contributed by atoms with Crippen molar-refractivity contribution in [3.8, 4) is 17.2 Å². The van der Waals surface area contributed by atoms with Crippen molar-refractivity contribution in [1.82, 2.24) is 4.90 Å². The van der Waals surface area contributed by atoms with E-state index < -0.39 is 0 Å². The molecule has 0 N–H and O–H groups in total. The smallest absolute Gasteiger partial charge is 0.238 e. The standard InChI is InChI=1S/C15H20ClNO4/c1-5-6-17(14(18)9-16)10-11-7-12(19-2)15(21-4)13(8-11)20-3/h5,7-8H,1,6,9-10H2,2-4H3. The molecule has 0 aliphatic heterocycles. The predicted molar refractivity (Wildman–Crippen MR) is 82.4 cm³/mol. The molecule has 1 amide bonds. The van der Waals surface area contributed by atoms with Crippen LogP contribution in [0.25, 0.3) is 0 Å². The number of nitrogens with zero attached hydrogens (tertiary/aromatic N) is 1. The Bertz CT molecular complexity index is 479. The van der Waals surface area contributed by atoms with Crippen molar-refractivity contribution in [2.45, 2.75) is 6.54 Å². The minimum Gasteiger partial charge on any atom is -0.493 e. The van der Waals surface area contributed by atoms with Crippen molar-refractivity contribution in [1.29, 1.82) is 0 Å². The summed E-state index contributed by atoms with van der Waals surface area (Å²) in [6, 6.07) is 3.61. The van der Waals surface area contributed by atoms with Gasteiger partial charge < -0.3 is 19.1 Å². The largest absolute Gasteiger partial charge is 0.493 e. The van der Waals surface area contributed by atoms with Crippen LogP contribution in [0.3, 0.4) is 0 Å². The first-order valence-electron chi connectivity index (χ1n) is 6.34. The molecule has 0 radical (unpaired) electrons. The number of ether oxygens (including phenoxy) is 3. The summed E-state index contributed by atoms with van der Waals surface area (Å²) in [6.07, 6.45) is 1.66. The van der Waals surface area contributed by atoms with Crippen molar-refractivity contribution in [3.05, 3.63) is 30.4 Å². The maximum atomic E-state index is 11.8. The SMILES string of the molecule is C=CCN(Cc1cc(OC)c(OC)c(OC)c1)C(=O)CCl. The lowest BCUT2D eigenvalue weighted by Crippen LogP contribution is -2.31. The molecule has 0 saturated heterocycles. The van der Waals surface area contributed by atoms with E-state index >= 15 is 0 Å². The number of carbonyl (C=O) groups is 1. The van der Waals surface area contributed by atoms with Crippen LogP contribution >= 0.6 is 11.6 Å². The normalized spacial score (nSPS) is 9.90. The highest BCUT2D eigenvalue weighted by Crippen LogP contribution is 2.38. The zero-order chi connectivity index (χ0) is 15.8. The zero-order valence-corrected chi connectivity index (χ0v) is 13.3. The molecule has 0 saturated carbocycles. The van der Waals surface area contributed by atoms with Gasteiger partial charge in [-0.15, -0.1) is 18.2 Å². The predicted octanol–water partition coefficient (Wildman–Crippen LogP) is 2.47. The van der Waals surface area contributed by atoms with Crippen molar-refractivity contribution in [2.75, 3.05) is 33.8 Å². The molecular formula is C15H20ClNO4. The lowest BCUT2D eigenvalue weighted by Gasteiger charge is -2.21. The second kappa shape index (κ2) is 8.42. The van der Waals surface area contributed by atoms with E-state index in [1.165, 1.54) is 0 Å². The maximum absolute atomic E-state index is 11.8. The molecule has 5 nitrogen and oxygen atoms in total. The van der Waals surface area contributed by atoms with E-state index in [1.807, 2.05) is 0 Å². The molecule has 116 valence electrons. The Morgan fingerprint density at radius 3 is 2.19 bits per heavy atom. The number of methoxy groups -OCH3 is 3. The summed E-state index contributed by atoms with van der Waals surface area (Å²) < 4.78 is 15.9. The number of rotatable bonds is 8. The van der Waals surface area contributed by atoms with Gasteiger partial charge in [-0.3, -0.25) is 4.79 Å². The minimum atomic E-state index is -0.162. The fourth-order valence-corrected chi connectivity index (χ4v) is 2.11.